The van der Waals surface area contributed by atoms with Gasteiger partial charge in [0, 0.05) is 57.6 Å². The van der Waals surface area contributed by atoms with Crippen molar-refractivity contribution < 1.29 is 14.3 Å². The van der Waals surface area contributed by atoms with E-state index in [9.17, 15) is 4.79 Å². The monoisotopic (exact) mass is 319 g/mol. The second kappa shape index (κ2) is 7.86. The van der Waals surface area contributed by atoms with Crippen LogP contribution in [0.5, 0.6) is 0 Å². The molecule has 126 valence electrons. The first kappa shape index (κ1) is 16.4. The van der Waals surface area contributed by atoms with Crippen LogP contribution < -0.4 is 0 Å². The van der Waals surface area contributed by atoms with Gasteiger partial charge in [0.2, 0.25) is 5.91 Å². The fourth-order valence-electron chi connectivity index (χ4n) is 3.53. The zero-order valence-corrected chi connectivity index (χ0v) is 13.7. The van der Waals surface area contributed by atoms with Gasteiger partial charge in [-0.25, -0.2) is 0 Å². The SMILES string of the molecule is COCC(=O)N1CC[C@@H]2COCCN(Cc3cccnc3)[C@@H]2C1. The summed E-state index contributed by atoms with van der Waals surface area (Å²) in [7, 11) is 1.57. The van der Waals surface area contributed by atoms with E-state index in [0.29, 0.717) is 12.0 Å². The predicted octanol–water partition coefficient (Wildman–Crippen LogP) is 0.777. The second-order valence-electron chi connectivity index (χ2n) is 6.30. The molecule has 6 nitrogen and oxygen atoms in total. The summed E-state index contributed by atoms with van der Waals surface area (Å²) in [4.78, 5) is 20.8. The third kappa shape index (κ3) is 4.07. The minimum atomic E-state index is 0.0810. The average molecular weight is 319 g/mol. The van der Waals surface area contributed by atoms with Crippen LogP contribution in [0, 0.1) is 5.92 Å². The summed E-state index contributed by atoms with van der Waals surface area (Å²) < 4.78 is 10.8. The number of carbonyl (C=O) groups is 1. The third-order valence-corrected chi connectivity index (χ3v) is 4.77. The van der Waals surface area contributed by atoms with Gasteiger partial charge < -0.3 is 14.4 Å². The number of ether oxygens (including phenoxy) is 2. The number of amides is 1. The summed E-state index contributed by atoms with van der Waals surface area (Å²) in [6.45, 7) is 5.01. The second-order valence-corrected chi connectivity index (χ2v) is 6.30. The van der Waals surface area contributed by atoms with Crippen LogP contribution in [-0.2, 0) is 20.8 Å². The van der Waals surface area contributed by atoms with Gasteiger partial charge in [-0.15, -0.1) is 0 Å². The molecular formula is C17H25N3O3. The Morgan fingerprint density at radius 3 is 3.17 bits per heavy atom. The van der Waals surface area contributed by atoms with E-state index in [2.05, 4.69) is 16.0 Å². The highest BCUT2D eigenvalue weighted by Crippen LogP contribution is 2.26. The highest BCUT2D eigenvalue weighted by atomic mass is 16.5. The lowest BCUT2D eigenvalue weighted by Crippen LogP contribution is -2.54. The average Bonchev–Trinajstić information content (AvgIpc) is 2.78. The largest absolute Gasteiger partial charge is 0.380 e. The number of fused-ring (bicyclic) bond motifs is 1. The standard InChI is InChI=1S/C17H25N3O3/c1-22-13-17(21)20-6-4-15-12-23-8-7-19(16(15)11-20)10-14-3-2-5-18-9-14/h2-3,5,9,15-16H,4,6-8,10-13H2,1H3/t15-,16-/m1/s1. The molecule has 3 rings (SSSR count). The van der Waals surface area contributed by atoms with Gasteiger partial charge in [0.1, 0.15) is 6.61 Å². The molecule has 0 bridgehead atoms. The summed E-state index contributed by atoms with van der Waals surface area (Å²) >= 11 is 0. The van der Waals surface area contributed by atoms with Crippen LogP contribution in [0.25, 0.3) is 0 Å². The van der Waals surface area contributed by atoms with E-state index in [1.54, 1.807) is 13.3 Å². The summed E-state index contributed by atoms with van der Waals surface area (Å²) in [6.07, 6.45) is 4.70. The van der Waals surface area contributed by atoms with E-state index in [0.717, 1.165) is 45.8 Å². The van der Waals surface area contributed by atoms with E-state index >= 15 is 0 Å². The predicted molar refractivity (Wildman–Crippen MR) is 85.8 cm³/mol. The Morgan fingerprint density at radius 2 is 2.39 bits per heavy atom. The molecule has 1 aromatic rings. The van der Waals surface area contributed by atoms with Crippen molar-refractivity contribution in [1.29, 1.82) is 0 Å². The molecule has 2 aliphatic rings. The molecule has 2 fully saturated rings. The van der Waals surface area contributed by atoms with E-state index < -0.39 is 0 Å². The molecule has 0 unspecified atom stereocenters. The van der Waals surface area contributed by atoms with Crippen LogP contribution >= 0.6 is 0 Å². The number of nitrogens with zero attached hydrogens (tertiary/aromatic N) is 3. The molecular weight excluding hydrogens is 294 g/mol. The number of likely N-dealkylation sites (tertiary alicyclic amines) is 1. The molecule has 3 heterocycles. The quantitative estimate of drug-likeness (QED) is 0.821. The highest BCUT2D eigenvalue weighted by molar-refractivity contribution is 5.77. The van der Waals surface area contributed by atoms with Gasteiger partial charge in [0.25, 0.3) is 0 Å². The first-order valence-corrected chi connectivity index (χ1v) is 8.25. The van der Waals surface area contributed by atoms with Crippen LogP contribution in [0.3, 0.4) is 0 Å². The van der Waals surface area contributed by atoms with Crippen LogP contribution in [-0.4, -0.2) is 73.3 Å². The topological polar surface area (TPSA) is 54.9 Å². The van der Waals surface area contributed by atoms with Gasteiger partial charge in [-0.05, 0) is 18.1 Å². The van der Waals surface area contributed by atoms with Gasteiger partial charge in [-0.3, -0.25) is 14.7 Å². The van der Waals surface area contributed by atoms with Crippen LogP contribution in [0.15, 0.2) is 24.5 Å². The maximum atomic E-state index is 12.2. The summed E-state index contributed by atoms with van der Waals surface area (Å²) in [5.74, 6) is 0.568. The number of pyridine rings is 1. The van der Waals surface area contributed by atoms with Crippen molar-refractivity contribution in [2.75, 3.05) is 46.6 Å². The molecule has 2 atom stereocenters. The molecule has 23 heavy (non-hydrogen) atoms. The maximum Gasteiger partial charge on any atom is 0.248 e. The minimum absolute atomic E-state index is 0.0810. The van der Waals surface area contributed by atoms with Crippen molar-refractivity contribution in [3.05, 3.63) is 30.1 Å². The van der Waals surface area contributed by atoms with Crippen molar-refractivity contribution in [2.24, 2.45) is 5.92 Å². The van der Waals surface area contributed by atoms with Gasteiger partial charge in [0.15, 0.2) is 0 Å². The number of piperidine rings is 1. The summed E-state index contributed by atoms with van der Waals surface area (Å²) in [5, 5.41) is 0. The lowest BCUT2D eigenvalue weighted by Gasteiger charge is -2.42. The molecule has 0 saturated carbocycles. The number of hydrogen-bond donors (Lipinski definition) is 0. The number of hydrogen-bond acceptors (Lipinski definition) is 5. The van der Waals surface area contributed by atoms with Crippen molar-refractivity contribution in [3.8, 4) is 0 Å². The smallest absolute Gasteiger partial charge is 0.248 e. The fraction of sp³-hybridized carbons (Fsp3) is 0.647. The summed E-state index contributed by atoms with van der Waals surface area (Å²) in [6, 6.07) is 4.41. The molecule has 2 saturated heterocycles. The van der Waals surface area contributed by atoms with Crippen molar-refractivity contribution in [2.45, 2.75) is 19.0 Å². The Bertz CT molecular complexity index is 511. The molecule has 1 amide bonds. The molecule has 0 radical (unpaired) electrons. The maximum absolute atomic E-state index is 12.2. The molecule has 0 N–H and O–H groups in total. The molecule has 0 aromatic carbocycles. The van der Waals surface area contributed by atoms with Crippen molar-refractivity contribution in [1.82, 2.24) is 14.8 Å². The van der Waals surface area contributed by atoms with Crippen LogP contribution in [0.4, 0.5) is 0 Å². The first-order valence-electron chi connectivity index (χ1n) is 8.25. The Balaban J connectivity index is 1.71. The van der Waals surface area contributed by atoms with Gasteiger partial charge in [-0.1, -0.05) is 6.07 Å². The van der Waals surface area contributed by atoms with Crippen molar-refractivity contribution in [3.63, 3.8) is 0 Å². The van der Waals surface area contributed by atoms with Gasteiger partial charge >= 0.3 is 0 Å². The third-order valence-electron chi connectivity index (χ3n) is 4.77. The first-order chi connectivity index (χ1) is 11.3. The Hall–Kier alpha value is -1.50. The number of aromatic nitrogens is 1. The molecule has 0 aliphatic carbocycles. The fourth-order valence-corrected chi connectivity index (χ4v) is 3.53. The number of rotatable bonds is 4. The Kier molecular flexibility index (Phi) is 5.59. The minimum Gasteiger partial charge on any atom is -0.380 e. The van der Waals surface area contributed by atoms with Crippen LogP contribution in [0.2, 0.25) is 0 Å². The van der Waals surface area contributed by atoms with Gasteiger partial charge in [-0.2, -0.15) is 0 Å². The lowest BCUT2D eigenvalue weighted by atomic mass is 9.91. The molecule has 6 heteroatoms. The highest BCUT2D eigenvalue weighted by Gasteiger charge is 2.36. The summed E-state index contributed by atoms with van der Waals surface area (Å²) in [5.41, 5.74) is 1.20. The van der Waals surface area contributed by atoms with E-state index in [1.165, 1.54) is 5.56 Å². The van der Waals surface area contributed by atoms with Crippen LogP contribution in [0.1, 0.15) is 12.0 Å². The molecule has 0 spiro atoms. The zero-order chi connectivity index (χ0) is 16.1. The van der Waals surface area contributed by atoms with Gasteiger partial charge in [0.05, 0.1) is 13.2 Å². The Morgan fingerprint density at radius 1 is 1.48 bits per heavy atom. The normalized spacial score (nSPS) is 25.7. The lowest BCUT2D eigenvalue weighted by molar-refractivity contribution is -0.138. The number of carbonyl (C=O) groups excluding carboxylic acids is 1. The van der Waals surface area contributed by atoms with E-state index in [4.69, 9.17) is 9.47 Å². The molecule has 2 aliphatic heterocycles. The van der Waals surface area contributed by atoms with E-state index in [1.807, 2.05) is 17.2 Å². The molecule has 1 aromatic heterocycles. The number of methoxy groups -OCH3 is 1. The Labute approximate surface area is 137 Å². The van der Waals surface area contributed by atoms with Crippen molar-refractivity contribution >= 4 is 5.91 Å². The zero-order valence-electron chi connectivity index (χ0n) is 13.7. The van der Waals surface area contributed by atoms with E-state index in [-0.39, 0.29) is 12.5 Å².